The topological polar surface area (TPSA) is 42.7 Å². The molecule has 0 fully saturated rings. The molecule has 0 bridgehead atoms. The summed E-state index contributed by atoms with van der Waals surface area (Å²) >= 11 is 6.18. The van der Waals surface area contributed by atoms with Crippen molar-refractivity contribution in [3.63, 3.8) is 0 Å². The SMILES string of the molecule is CCCn1nncc1C(NCC)c1ccc(F)cc1Cl. The first kappa shape index (κ1) is 14.9. The maximum atomic E-state index is 13.2. The van der Waals surface area contributed by atoms with Crippen molar-refractivity contribution in [2.24, 2.45) is 0 Å². The Balaban J connectivity index is 2.42. The molecule has 0 spiro atoms. The fourth-order valence-corrected chi connectivity index (χ4v) is 2.46. The van der Waals surface area contributed by atoms with Crippen LogP contribution in [0.3, 0.4) is 0 Å². The Morgan fingerprint density at radius 3 is 2.85 bits per heavy atom. The van der Waals surface area contributed by atoms with Crippen LogP contribution in [0.5, 0.6) is 0 Å². The molecule has 108 valence electrons. The van der Waals surface area contributed by atoms with Crippen LogP contribution in [0.25, 0.3) is 0 Å². The van der Waals surface area contributed by atoms with E-state index in [1.165, 1.54) is 12.1 Å². The van der Waals surface area contributed by atoms with Gasteiger partial charge in [0.25, 0.3) is 0 Å². The van der Waals surface area contributed by atoms with Crippen LogP contribution in [0, 0.1) is 5.82 Å². The zero-order valence-electron chi connectivity index (χ0n) is 11.6. The Morgan fingerprint density at radius 2 is 2.20 bits per heavy atom. The van der Waals surface area contributed by atoms with E-state index in [4.69, 9.17) is 11.6 Å². The highest BCUT2D eigenvalue weighted by atomic mass is 35.5. The van der Waals surface area contributed by atoms with Gasteiger partial charge < -0.3 is 5.32 Å². The van der Waals surface area contributed by atoms with Crippen molar-refractivity contribution < 1.29 is 4.39 Å². The molecule has 20 heavy (non-hydrogen) atoms. The molecule has 0 aliphatic heterocycles. The van der Waals surface area contributed by atoms with Crippen LogP contribution in [0.4, 0.5) is 4.39 Å². The van der Waals surface area contributed by atoms with Crippen molar-refractivity contribution >= 4 is 11.6 Å². The van der Waals surface area contributed by atoms with E-state index in [1.807, 2.05) is 11.6 Å². The van der Waals surface area contributed by atoms with Gasteiger partial charge in [-0.15, -0.1) is 5.10 Å². The van der Waals surface area contributed by atoms with Crippen LogP contribution < -0.4 is 5.32 Å². The van der Waals surface area contributed by atoms with E-state index in [-0.39, 0.29) is 11.9 Å². The van der Waals surface area contributed by atoms with E-state index in [2.05, 4.69) is 22.6 Å². The number of rotatable bonds is 6. The minimum absolute atomic E-state index is 0.144. The summed E-state index contributed by atoms with van der Waals surface area (Å²) in [6.45, 7) is 5.64. The Kier molecular flexibility index (Phi) is 5.09. The van der Waals surface area contributed by atoms with Crippen molar-refractivity contribution in [3.05, 3.63) is 46.5 Å². The highest BCUT2D eigenvalue weighted by Gasteiger charge is 2.20. The predicted molar refractivity (Wildman–Crippen MR) is 77.2 cm³/mol. The van der Waals surface area contributed by atoms with Gasteiger partial charge in [-0.2, -0.15) is 0 Å². The molecule has 0 radical (unpaired) electrons. The first-order valence-electron chi connectivity index (χ1n) is 6.74. The molecule has 0 aliphatic carbocycles. The normalized spacial score (nSPS) is 12.6. The third-order valence-electron chi connectivity index (χ3n) is 3.06. The van der Waals surface area contributed by atoms with Crippen LogP contribution in [-0.4, -0.2) is 21.5 Å². The zero-order valence-corrected chi connectivity index (χ0v) is 12.4. The van der Waals surface area contributed by atoms with Gasteiger partial charge in [-0.05, 0) is 30.7 Å². The van der Waals surface area contributed by atoms with Gasteiger partial charge in [0.1, 0.15) is 5.82 Å². The highest BCUT2D eigenvalue weighted by molar-refractivity contribution is 6.31. The van der Waals surface area contributed by atoms with E-state index in [0.29, 0.717) is 5.02 Å². The Hall–Kier alpha value is -1.46. The second-order valence-electron chi connectivity index (χ2n) is 4.54. The largest absolute Gasteiger partial charge is 0.305 e. The molecule has 2 rings (SSSR count). The molecule has 1 aromatic carbocycles. The molecular formula is C14H18ClFN4. The molecule has 1 unspecified atom stereocenters. The second-order valence-corrected chi connectivity index (χ2v) is 4.95. The molecule has 1 atom stereocenters. The van der Waals surface area contributed by atoms with Gasteiger partial charge in [0.15, 0.2) is 0 Å². The Morgan fingerprint density at radius 1 is 1.40 bits per heavy atom. The average molecular weight is 297 g/mol. The standard InChI is InChI=1S/C14H18ClFN4/c1-3-7-20-13(9-18-19-20)14(17-4-2)11-6-5-10(16)8-12(11)15/h5-6,8-9,14,17H,3-4,7H2,1-2H3. The van der Waals surface area contributed by atoms with Gasteiger partial charge in [0.05, 0.1) is 17.9 Å². The smallest absolute Gasteiger partial charge is 0.124 e. The van der Waals surface area contributed by atoms with Crippen LogP contribution in [0.1, 0.15) is 37.6 Å². The first-order chi connectivity index (χ1) is 9.67. The lowest BCUT2D eigenvalue weighted by Crippen LogP contribution is -2.25. The molecule has 0 saturated heterocycles. The van der Waals surface area contributed by atoms with Gasteiger partial charge in [0.2, 0.25) is 0 Å². The number of aromatic nitrogens is 3. The van der Waals surface area contributed by atoms with Gasteiger partial charge in [0, 0.05) is 11.6 Å². The first-order valence-corrected chi connectivity index (χ1v) is 7.11. The number of aryl methyl sites for hydroxylation is 1. The fraction of sp³-hybridized carbons (Fsp3) is 0.429. The maximum absolute atomic E-state index is 13.2. The van der Waals surface area contributed by atoms with Gasteiger partial charge in [-0.1, -0.05) is 36.7 Å². The summed E-state index contributed by atoms with van der Waals surface area (Å²) < 4.78 is 15.1. The van der Waals surface area contributed by atoms with Gasteiger partial charge in [-0.25, -0.2) is 9.07 Å². The number of nitrogens with one attached hydrogen (secondary N) is 1. The van der Waals surface area contributed by atoms with Crippen molar-refractivity contribution in [2.75, 3.05) is 6.54 Å². The van der Waals surface area contributed by atoms with Crippen molar-refractivity contribution in [1.82, 2.24) is 20.3 Å². The monoisotopic (exact) mass is 296 g/mol. The molecule has 6 heteroatoms. The lowest BCUT2D eigenvalue weighted by atomic mass is 10.0. The molecule has 0 saturated carbocycles. The number of halogens is 2. The van der Waals surface area contributed by atoms with Crippen LogP contribution in [0.15, 0.2) is 24.4 Å². The number of benzene rings is 1. The van der Waals surface area contributed by atoms with E-state index in [1.54, 1.807) is 12.3 Å². The summed E-state index contributed by atoms with van der Waals surface area (Å²) in [6, 6.07) is 4.30. The molecule has 1 heterocycles. The quantitative estimate of drug-likeness (QED) is 0.890. The minimum Gasteiger partial charge on any atom is -0.305 e. The molecular weight excluding hydrogens is 279 g/mol. The van der Waals surface area contributed by atoms with Crippen LogP contribution in [-0.2, 0) is 6.54 Å². The molecule has 1 N–H and O–H groups in total. The van der Waals surface area contributed by atoms with Gasteiger partial charge in [-0.3, -0.25) is 0 Å². The molecule has 2 aromatic rings. The Bertz CT molecular complexity index is 570. The minimum atomic E-state index is -0.339. The van der Waals surface area contributed by atoms with E-state index < -0.39 is 0 Å². The summed E-state index contributed by atoms with van der Waals surface area (Å²) in [5.74, 6) is -0.339. The van der Waals surface area contributed by atoms with Crippen molar-refractivity contribution in [1.29, 1.82) is 0 Å². The maximum Gasteiger partial charge on any atom is 0.124 e. The fourth-order valence-electron chi connectivity index (χ4n) is 2.19. The zero-order chi connectivity index (χ0) is 14.5. The molecule has 1 aromatic heterocycles. The summed E-state index contributed by atoms with van der Waals surface area (Å²) in [5, 5.41) is 11.8. The van der Waals surface area contributed by atoms with E-state index in [9.17, 15) is 4.39 Å². The van der Waals surface area contributed by atoms with Crippen molar-refractivity contribution in [2.45, 2.75) is 32.9 Å². The lowest BCUT2D eigenvalue weighted by molar-refractivity contribution is 0.511. The van der Waals surface area contributed by atoms with Gasteiger partial charge >= 0.3 is 0 Å². The number of hydrogen-bond donors (Lipinski definition) is 1. The lowest BCUT2D eigenvalue weighted by Gasteiger charge is -2.20. The molecule has 0 amide bonds. The van der Waals surface area contributed by atoms with Crippen LogP contribution in [0.2, 0.25) is 5.02 Å². The third kappa shape index (κ3) is 3.16. The molecule has 4 nitrogen and oxygen atoms in total. The molecule has 0 aliphatic rings. The summed E-state index contributed by atoms with van der Waals surface area (Å²) in [4.78, 5) is 0. The Labute approximate surface area is 122 Å². The number of hydrogen-bond acceptors (Lipinski definition) is 3. The number of nitrogens with zero attached hydrogens (tertiary/aromatic N) is 3. The van der Waals surface area contributed by atoms with E-state index >= 15 is 0 Å². The summed E-state index contributed by atoms with van der Waals surface area (Å²) in [7, 11) is 0. The van der Waals surface area contributed by atoms with Crippen molar-refractivity contribution in [3.8, 4) is 0 Å². The summed E-state index contributed by atoms with van der Waals surface area (Å²) in [5.41, 5.74) is 1.76. The average Bonchev–Trinajstić information content (AvgIpc) is 2.85. The summed E-state index contributed by atoms with van der Waals surface area (Å²) in [6.07, 6.45) is 2.69. The highest BCUT2D eigenvalue weighted by Crippen LogP contribution is 2.28. The second kappa shape index (κ2) is 6.81. The third-order valence-corrected chi connectivity index (χ3v) is 3.39. The van der Waals surface area contributed by atoms with E-state index in [0.717, 1.165) is 30.8 Å². The van der Waals surface area contributed by atoms with Crippen LogP contribution >= 0.6 is 11.6 Å². The predicted octanol–water partition coefficient (Wildman–Crippen LogP) is 3.18.